The van der Waals surface area contributed by atoms with Crippen molar-refractivity contribution in [1.82, 2.24) is 9.78 Å². The first-order valence-corrected chi connectivity index (χ1v) is 7.27. The van der Waals surface area contributed by atoms with Crippen LogP contribution in [0, 0.1) is 11.6 Å². The van der Waals surface area contributed by atoms with Gasteiger partial charge >= 0.3 is 5.97 Å². The van der Waals surface area contributed by atoms with Gasteiger partial charge in [-0.05, 0) is 24.1 Å². The minimum absolute atomic E-state index is 0.0937. The molecule has 0 aliphatic heterocycles. The first-order valence-electron chi connectivity index (χ1n) is 6.28. The summed E-state index contributed by atoms with van der Waals surface area (Å²) in [4.78, 5) is 10.7. The summed E-state index contributed by atoms with van der Waals surface area (Å²) in [5.74, 6) is -2.44. The fraction of sp³-hybridized carbons (Fsp3) is 0.286. The molecular formula is C14H14F2N2O2S. The summed E-state index contributed by atoms with van der Waals surface area (Å²) in [6.45, 7) is 3.86. The Hall–Kier alpha value is -1.89. The molecule has 0 aliphatic rings. The highest BCUT2D eigenvalue weighted by atomic mass is 32.2. The molecule has 1 aromatic heterocycles. The number of rotatable bonds is 5. The summed E-state index contributed by atoms with van der Waals surface area (Å²) in [6, 6.07) is 4.92. The molecule has 0 aliphatic carbocycles. The minimum Gasteiger partial charge on any atom is -0.481 e. The molecular weight excluding hydrogens is 298 g/mol. The monoisotopic (exact) mass is 312 g/mol. The fourth-order valence-electron chi connectivity index (χ4n) is 1.73. The van der Waals surface area contributed by atoms with Gasteiger partial charge in [-0.15, -0.1) is 0 Å². The van der Waals surface area contributed by atoms with Crippen molar-refractivity contribution in [2.45, 2.75) is 24.8 Å². The number of hydrogen-bond donors (Lipinski definition) is 1. The second-order valence-electron chi connectivity index (χ2n) is 4.75. The van der Waals surface area contributed by atoms with Gasteiger partial charge in [0.05, 0.1) is 11.4 Å². The van der Waals surface area contributed by atoms with Crippen molar-refractivity contribution in [2.24, 2.45) is 0 Å². The van der Waals surface area contributed by atoms with Crippen LogP contribution in [0.1, 0.15) is 25.5 Å². The van der Waals surface area contributed by atoms with Crippen LogP contribution in [0.25, 0.3) is 5.69 Å². The summed E-state index contributed by atoms with van der Waals surface area (Å²) in [6.07, 6.45) is 0. The summed E-state index contributed by atoms with van der Waals surface area (Å²) in [5, 5.41) is 13.6. The molecule has 2 rings (SSSR count). The maximum absolute atomic E-state index is 13.9. The lowest BCUT2D eigenvalue weighted by Gasteiger charge is -2.07. The van der Waals surface area contributed by atoms with E-state index in [1.807, 2.05) is 13.8 Å². The van der Waals surface area contributed by atoms with Gasteiger partial charge in [-0.3, -0.25) is 4.79 Å². The van der Waals surface area contributed by atoms with Gasteiger partial charge < -0.3 is 5.11 Å². The van der Waals surface area contributed by atoms with Gasteiger partial charge in [0.1, 0.15) is 16.5 Å². The number of thioether (sulfide) groups is 1. The van der Waals surface area contributed by atoms with Gasteiger partial charge in [0, 0.05) is 6.07 Å². The van der Waals surface area contributed by atoms with Gasteiger partial charge in [-0.1, -0.05) is 25.6 Å². The van der Waals surface area contributed by atoms with Crippen LogP contribution in [-0.2, 0) is 4.79 Å². The second kappa shape index (κ2) is 6.26. The van der Waals surface area contributed by atoms with Crippen molar-refractivity contribution in [3.63, 3.8) is 0 Å². The van der Waals surface area contributed by atoms with Crippen LogP contribution in [0.2, 0.25) is 0 Å². The summed E-state index contributed by atoms with van der Waals surface area (Å²) >= 11 is 1.04. The minimum atomic E-state index is -0.974. The maximum atomic E-state index is 13.9. The molecule has 0 saturated carbocycles. The first-order chi connectivity index (χ1) is 9.88. The van der Waals surface area contributed by atoms with Gasteiger partial charge in [-0.25, -0.2) is 13.5 Å². The standard InChI is InChI=1S/C14H14F2N2O2S/c1-8(2)11-6-13(21-7-14(19)20)18(17-11)12-4-3-9(15)5-10(12)16/h3-6,8H,7H2,1-2H3,(H,19,20). The van der Waals surface area contributed by atoms with E-state index in [9.17, 15) is 13.6 Å². The highest BCUT2D eigenvalue weighted by molar-refractivity contribution is 7.99. The van der Waals surface area contributed by atoms with Crippen LogP contribution >= 0.6 is 11.8 Å². The number of aliphatic carboxylic acids is 1. The quantitative estimate of drug-likeness (QED) is 0.859. The largest absolute Gasteiger partial charge is 0.481 e. The Bertz CT molecular complexity index is 671. The third-order valence-electron chi connectivity index (χ3n) is 2.77. The van der Waals surface area contributed by atoms with Crippen molar-refractivity contribution < 1.29 is 18.7 Å². The molecule has 112 valence electrons. The van der Waals surface area contributed by atoms with Crippen molar-refractivity contribution in [2.75, 3.05) is 5.75 Å². The number of benzene rings is 1. The Kier molecular flexibility index (Phi) is 4.62. The molecule has 0 spiro atoms. The van der Waals surface area contributed by atoms with Crippen molar-refractivity contribution in [3.8, 4) is 5.69 Å². The lowest BCUT2D eigenvalue weighted by atomic mass is 10.1. The molecule has 0 saturated heterocycles. The number of aromatic nitrogens is 2. The average molecular weight is 312 g/mol. The van der Waals surface area contributed by atoms with E-state index >= 15 is 0 Å². The van der Waals surface area contributed by atoms with E-state index in [1.54, 1.807) is 6.07 Å². The van der Waals surface area contributed by atoms with Crippen molar-refractivity contribution >= 4 is 17.7 Å². The second-order valence-corrected chi connectivity index (χ2v) is 5.75. The van der Waals surface area contributed by atoms with E-state index in [0.29, 0.717) is 10.7 Å². The molecule has 0 fully saturated rings. The highest BCUT2D eigenvalue weighted by Gasteiger charge is 2.16. The molecule has 1 aromatic carbocycles. The Morgan fingerprint density at radius 2 is 2.10 bits per heavy atom. The molecule has 0 unspecified atom stereocenters. The zero-order chi connectivity index (χ0) is 15.6. The van der Waals surface area contributed by atoms with E-state index in [-0.39, 0.29) is 17.4 Å². The third kappa shape index (κ3) is 3.60. The number of nitrogens with zero attached hydrogens (tertiary/aromatic N) is 2. The molecule has 21 heavy (non-hydrogen) atoms. The Labute approximate surface area is 124 Å². The smallest absolute Gasteiger partial charge is 0.313 e. The lowest BCUT2D eigenvalue weighted by Crippen LogP contribution is -2.05. The molecule has 7 heteroatoms. The maximum Gasteiger partial charge on any atom is 0.313 e. The molecule has 1 N–H and O–H groups in total. The van der Waals surface area contributed by atoms with Gasteiger partial charge in [0.2, 0.25) is 0 Å². The van der Waals surface area contributed by atoms with Crippen molar-refractivity contribution in [1.29, 1.82) is 0 Å². The van der Waals surface area contributed by atoms with E-state index in [2.05, 4.69) is 5.10 Å². The predicted molar refractivity (Wildman–Crippen MR) is 75.9 cm³/mol. The fourth-order valence-corrected chi connectivity index (χ4v) is 2.46. The van der Waals surface area contributed by atoms with E-state index in [4.69, 9.17) is 5.11 Å². The molecule has 4 nitrogen and oxygen atoms in total. The Balaban J connectivity index is 2.46. The summed E-state index contributed by atoms with van der Waals surface area (Å²) in [7, 11) is 0. The van der Waals surface area contributed by atoms with Crippen molar-refractivity contribution in [3.05, 3.63) is 41.6 Å². The number of carboxylic acid groups (broad SMARTS) is 1. The van der Waals surface area contributed by atoms with Crippen LogP contribution in [0.15, 0.2) is 29.3 Å². The average Bonchev–Trinajstić information content (AvgIpc) is 2.80. The van der Waals surface area contributed by atoms with E-state index in [1.165, 1.54) is 10.7 Å². The molecule has 0 atom stereocenters. The van der Waals surface area contributed by atoms with E-state index < -0.39 is 17.6 Å². The molecule has 0 radical (unpaired) electrons. The summed E-state index contributed by atoms with van der Waals surface area (Å²) < 4.78 is 28.2. The van der Waals surface area contributed by atoms with Crippen LogP contribution in [0.5, 0.6) is 0 Å². The van der Waals surface area contributed by atoms with Crippen LogP contribution in [0.3, 0.4) is 0 Å². The molecule has 1 heterocycles. The lowest BCUT2D eigenvalue weighted by molar-refractivity contribution is -0.133. The zero-order valence-electron chi connectivity index (χ0n) is 11.5. The molecule has 0 amide bonds. The normalized spacial score (nSPS) is 11.1. The number of halogens is 2. The van der Waals surface area contributed by atoms with Crippen LogP contribution in [-0.4, -0.2) is 26.6 Å². The molecule has 0 bridgehead atoms. The topological polar surface area (TPSA) is 55.1 Å². The van der Waals surface area contributed by atoms with Crippen LogP contribution < -0.4 is 0 Å². The highest BCUT2D eigenvalue weighted by Crippen LogP contribution is 2.27. The van der Waals surface area contributed by atoms with Gasteiger partial charge in [-0.2, -0.15) is 5.10 Å². The predicted octanol–water partition coefficient (Wildman–Crippen LogP) is 3.45. The third-order valence-corrected chi connectivity index (χ3v) is 3.75. The first kappa shape index (κ1) is 15.5. The van der Waals surface area contributed by atoms with Gasteiger partial charge in [0.25, 0.3) is 0 Å². The van der Waals surface area contributed by atoms with Gasteiger partial charge in [0.15, 0.2) is 5.82 Å². The number of carbonyl (C=O) groups is 1. The Morgan fingerprint density at radius 1 is 1.38 bits per heavy atom. The number of hydrogen-bond acceptors (Lipinski definition) is 3. The van der Waals surface area contributed by atoms with Crippen LogP contribution in [0.4, 0.5) is 8.78 Å². The SMILES string of the molecule is CC(C)c1cc(SCC(=O)O)n(-c2ccc(F)cc2F)n1. The number of carboxylic acids is 1. The zero-order valence-corrected chi connectivity index (χ0v) is 12.3. The molecule has 2 aromatic rings. The van der Waals surface area contributed by atoms with E-state index in [0.717, 1.165) is 23.9 Å². The summed E-state index contributed by atoms with van der Waals surface area (Å²) in [5.41, 5.74) is 0.808. The Morgan fingerprint density at radius 3 is 2.67 bits per heavy atom.